The van der Waals surface area contributed by atoms with Gasteiger partial charge in [-0.3, -0.25) is 30.3 Å². The van der Waals surface area contributed by atoms with Gasteiger partial charge in [-0.25, -0.2) is 4.79 Å². The third-order valence-electron chi connectivity index (χ3n) is 6.34. The van der Waals surface area contributed by atoms with E-state index < -0.39 is 21.7 Å². The number of carbonyl (C=O) groups excluding carboxylic acids is 1. The largest absolute Gasteiger partial charge is 0.490 e. The predicted octanol–water partition coefficient (Wildman–Crippen LogP) is 4.46. The summed E-state index contributed by atoms with van der Waals surface area (Å²) in [7, 11) is 2.66. The van der Waals surface area contributed by atoms with E-state index >= 15 is 0 Å². The first kappa shape index (κ1) is 39.0. The van der Waals surface area contributed by atoms with Crippen LogP contribution in [0.25, 0.3) is 20.2 Å². The van der Waals surface area contributed by atoms with Gasteiger partial charge in [0.1, 0.15) is 15.6 Å². The number of thiophene rings is 2. The molecule has 23 nitrogen and oxygen atoms in total. The normalized spacial score (nSPS) is 10.6. The van der Waals surface area contributed by atoms with Gasteiger partial charge in [0.05, 0.1) is 36.3 Å². The third kappa shape index (κ3) is 8.95. The predicted molar refractivity (Wildman–Crippen MR) is 189 cm³/mol. The number of anilines is 2. The lowest BCUT2D eigenvalue weighted by Gasteiger charge is -2.11. The fourth-order valence-corrected chi connectivity index (χ4v) is 6.49. The van der Waals surface area contributed by atoms with Crippen molar-refractivity contribution in [2.24, 2.45) is 0 Å². The highest BCUT2D eigenvalue weighted by molar-refractivity contribution is 7.21. The molecule has 0 unspecified atom stereocenters. The van der Waals surface area contributed by atoms with Crippen LogP contribution in [0.5, 0.6) is 23.0 Å². The maximum absolute atomic E-state index is 12.6. The van der Waals surface area contributed by atoms with Crippen LogP contribution in [-0.2, 0) is 0 Å². The number of fused-ring (bicyclic) bond motifs is 2. The second-order valence-electron chi connectivity index (χ2n) is 10.6. The number of carboxylic acid groups (broad SMARTS) is 1. The van der Waals surface area contributed by atoms with E-state index in [1.165, 1.54) is 26.4 Å². The molecule has 0 fully saturated rings. The number of H-pyrrole nitrogens is 2. The van der Waals surface area contributed by atoms with Gasteiger partial charge in [0.25, 0.3) is 17.8 Å². The van der Waals surface area contributed by atoms with Gasteiger partial charge in [0.15, 0.2) is 27.9 Å². The topological polar surface area (TPSA) is 325 Å². The number of benzene rings is 2. The minimum Gasteiger partial charge on any atom is -0.490 e. The number of nitrogens with two attached hydrogens (primary N) is 1. The number of aromatic amines is 2. The van der Waals surface area contributed by atoms with Crippen molar-refractivity contribution in [3.63, 3.8) is 0 Å². The SMILES string of the molecule is COc1ccc2sc(C(=O)Nc3nn[nH]n3)c(OC(C)C)c2c1[N+](=O)[O-].COc1ccc2sc(C(=O)O)c(OC(C)C)c2c1[N+](=O)[O-].Nc1nn[nH]n1. The van der Waals surface area contributed by atoms with Crippen molar-refractivity contribution >= 4 is 78.0 Å². The monoisotopic (exact) mass is 774 g/mol. The highest BCUT2D eigenvalue weighted by Gasteiger charge is 2.32. The summed E-state index contributed by atoms with van der Waals surface area (Å²) in [6.45, 7) is 6.97. The molecule has 4 aromatic heterocycles. The minimum atomic E-state index is -1.18. The van der Waals surface area contributed by atoms with E-state index in [1.807, 2.05) is 0 Å². The van der Waals surface area contributed by atoms with E-state index in [1.54, 1.807) is 39.8 Å². The number of tetrazole rings is 2. The first-order valence-electron chi connectivity index (χ1n) is 14.8. The Morgan fingerprint density at radius 1 is 0.811 bits per heavy atom. The molecule has 0 saturated carbocycles. The Morgan fingerprint density at radius 3 is 1.64 bits per heavy atom. The molecule has 0 spiro atoms. The van der Waals surface area contributed by atoms with E-state index in [9.17, 15) is 34.9 Å². The Hall–Kier alpha value is -6.76. The summed E-state index contributed by atoms with van der Waals surface area (Å²) in [6, 6.07) is 6.16. The van der Waals surface area contributed by atoms with Gasteiger partial charge in [0, 0.05) is 9.40 Å². The molecule has 0 aliphatic heterocycles. The number of carbonyl (C=O) groups is 2. The molecule has 0 atom stereocenters. The van der Waals surface area contributed by atoms with Crippen LogP contribution in [0.3, 0.4) is 0 Å². The second kappa shape index (κ2) is 17.0. The maximum Gasteiger partial charge on any atom is 0.349 e. The molecule has 6 rings (SSSR count). The van der Waals surface area contributed by atoms with Gasteiger partial charge in [-0.05, 0) is 62.4 Å². The number of aromatic nitrogens is 8. The Bertz CT molecular complexity index is 2240. The zero-order chi connectivity index (χ0) is 39.0. The van der Waals surface area contributed by atoms with Crippen molar-refractivity contribution < 1.29 is 43.5 Å². The van der Waals surface area contributed by atoms with Crippen molar-refractivity contribution in [1.29, 1.82) is 0 Å². The van der Waals surface area contributed by atoms with Crippen molar-refractivity contribution in [2.75, 3.05) is 25.3 Å². The molecule has 0 radical (unpaired) electrons. The fourth-order valence-electron chi connectivity index (χ4n) is 4.48. The van der Waals surface area contributed by atoms with Crippen LogP contribution in [0, 0.1) is 20.2 Å². The summed E-state index contributed by atoms with van der Waals surface area (Å²) in [6.07, 6.45) is -0.623. The third-order valence-corrected chi connectivity index (χ3v) is 8.60. The maximum atomic E-state index is 12.6. The minimum absolute atomic E-state index is 0.0168. The average Bonchev–Trinajstić information content (AvgIpc) is 3.92. The van der Waals surface area contributed by atoms with Gasteiger partial charge >= 0.3 is 17.3 Å². The number of methoxy groups -OCH3 is 2. The number of nitrogens with one attached hydrogen (secondary N) is 3. The number of nitro benzene ring substituents is 2. The molecule has 0 saturated heterocycles. The van der Waals surface area contributed by atoms with Gasteiger partial charge in [-0.15, -0.1) is 32.9 Å². The lowest BCUT2D eigenvalue weighted by molar-refractivity contribution is -0.384. The van der Waals surface area contributed by atoms with Crippen LogP contribution in [0.1, 0.15) is 47.0 Å². The molecule has 6 N–H and O–H groups in total. The number of amides is 1. The number of hydrogen-bond donors (Lipinski definition) is 5. The Balaban J connectivity index is 0.000000207. The molecule has 280 valence electrons. The number of nitro groups is 2. The Labute approximate surface area is 304 Å². The van der Waals surface area contributed by atoms with Gasteiger partial charge in [-0.1, -0.05) is 10.2 Å². The summed E-state index contributed by atoms with van der Waals surface area (Å²) in [4.78, 5) is 45.9. The van der Waals surface area contributed by atoms with Gasteiger partial charge in [-0.2, -0.15) is 10.4 Å². The van der Waals surface area contributed by atoms with Crippen LogP contribution < -0.4 is 30.0 Å². The number of nitrogen functional groups attached to an aromatic ring is 1. The van der Waals surface area contributed by atoms with Crippen LogP contribution in [-0.4, -0.2) is 94.5 Å². The molecular weight excluding hydrogens is 745 g/mol. The number of aromatic carboxylic acids is 1. The van der Waals surface area contributed by atoms with Crippen LogP contribution in [0.2, 0.25) is 0 Å². The highest BCUT2D eigenvalue weighted by atomic mass is 32.1. The summed E-state index contributed by atoms with van der Waals surface area (Å²) in [5.74, 6) is -1.30. The quantitative estimate of drug-likeness (QED) is 0.0896. The summed E-state index contributed by atoms with van der Waals surface area (Å²) < 4.78 is 22.4. The van der Waals surface area contributed by atoms with E-state index in [-0.39, 0.29) is 79.0 Å². The molecular formula is C28H30N12O11S2. The zero-order valence-electron chi connectivity index (χ0n) is 28.5. The number of carboxylic acids is 1. The van der Waals surface area contributed by atoms with Crippen LogP contribution in [0.15, 0.2) is 24.3 Å². The summed E-state index contributed by atoms with van der Waals surface area (Å²) in [5.41, 5.74) is 4.42. The average molecular weight is 775 g/mol. The fraction of sp³-hybridized carbons (Fsp3) is 0.286. The molecule has 1 amide bonds. The molecule has 25 heteroatoms. The molecule has 0 aliphatic carbocycles. The number of hydrogen-bond acceptors (Lipinski definition) is 19. The van der Waals surface area contributed by atoms with Crippen molar-refractivity contribution in [1.82, 2.24) is 41.2 Å². The molecule has 4 heterocycles. The Kier molecular flexibility index (Phi) is 12.5. The zero-order valence-corrected chi connectivity index (χ0v) is 30.1. The highest BCUT2D eigenvalue weighted by Crippen LogP contribution is 2.48. The van der Waals surface area contributed by atoms with Crippen molar-refractivity contribution in [3.05, 3.63) is 54.2 Å². The standard InChI is InChI=1S/C14H14N6O5S.C13H13NO6S.CH3N5/c1-6(2)25-11-9-8(5-4-7(24-3)10(9)20(22)23)26-12(11)13(21)15-14-16-18-19-17-14;1-6(2)20-11-9-8(21-12(11)13(15)16)5-4-7(19-3)10(9)14(17)18;2-1-3-5-6-4-1/h4-6H,1-3H3,(H2,15,16,17,18,19,21);4-6H,1-3H3,(H,15,16);(H3,2,3,4,5,6). The molecule has 2 aromatic carbocycles. The lowest BCUT2D eigenvalue weighted by atomic mass is 10.1. The molecule has 0 bridgehead atoms. The van der Waals surface area contributed by atoms with Gasteiger partial charge < -0.3 is 29.8 Å². The molecule has 6 aromatic rings. The number of ether oxygens (including phenoxy) is 4. The molecule has 0 aliphatic rings. The van der Waals surface area contributed by atoms with Crippen molar-refractivity contribution in [3.8, 4) is 23.0 Å². The van der Waals surface area contributed by atoms with Crippen LogP contribution >= 0.6 is 22.7 Å². The molecule has 53 heavy (non-hydrogen) atoms. The Morgan fingerprint density at radius 2 is 1.28 bits per heavy atom. The number of nitrogens with zero attached hydrogens (tertiary/aromatic N) is 8. The smallest absolute Gasteiger partial charge is 0.349 e. The van der Waals surface area contributed by atoms with E-state index in [2.05, 4.69) is 46.6 Å². The van der Waals surface area contributed by atoms with Crippen molar-refractivity contribution in [2.45, 2.75) is 39.9 Å². The van der Waals surface area contributed by atoms with E-state index in [0.29, 0.717) is 9.40 Å². The van der Waals surface area contributed by atoms with Crippen LogP contribution in [0.4, 0.5) is 23.3 Å². The second-order valence-corrected chi connectivity index (χ2v) is 12.7. The summed E-state index contributed by atoms with van der Waals surface area (Å²) in [5, 5.41) is 60.0. The first-order valence-corrected chi connectivity index (χ1v) is 16.5. The summed E-state index contributed by atoms with van der Waals surface area (Å²) >= 11 is 2.00. The first-order chi connectivity index (χ1) is 25.2. The van der Waals surface area contributed by atoms with E-state index in [4.69, 9.17) is 24.7 Å². The van der Waals surface area contributed by atoms with Gasteiger partial charge in [0.2, 0.25) is 0 Å². The number of rotatable bonds is 11. The lowest BCUT2D eigenvalue weighted by Crippen LogP contribution is -2.15. The van der Waals surface area contributed by atoms with E-state index in [0.717, 1.165) is 22.7 Å².